The van der Waals surface area contributed by atoms with Crippen molar-refractivity contribution < 1.29 is 14.0 Å². The SMILES string of the molecule is CCCN(Cc1cc(NC(=O)C2CCCC2)ccc1N(C)C)C(=O)c1ccco1. The molecule has 1 saturated carbocycles. The molecular weight excluding hydrogens is 366 g/mol. The van der Waals surface area contributed by atoms with E-state index in [-0.39, 0.29) is 17.7 Å². The molecule has 6 heteroatoms. The van der Waals surface area contributed by atoms with Gasteiger partial charge in [-0.15, -0.1) is 0 Å². The Morgan fingerprint density at radius 3 is 2.55 bits per heavy atom. The summed E-state index contributed by atoms with van der Waals surface area (Å²) in [5.74, 6) is 0.435. The Kier molecular flexibility index (Phi) is 6.96. The number of rotatable bonds is 8. The Hall–Kier alpha value is -2.76. The normalized spacial score (nSPS) is 14.0. The number of anilines is 2. The largest absolute Gasteiger partial charge is 0.459 e. The van der Waals surface area contributed by atoms with E-state index in [9.17, 15) is 9.59 Å². The smallest absolute Gasteiger partial charge is 0.289 e. The van der Waals surface area contributed by atoms with Gasteiger partial charge in [0.25, 0.3) is 5.91 Å². The zero-order chi connectivity index (χ0) is 20.8. The second-order valence-corrected chi connectivity index (χ2v) is 7.91. The lowest BCUT2D eigenvalue weighted by molar-refractivity contribution is -0.119. The number of furan rings is 1. The predicted molar refractivity (Wildman–Crippen MR) is 115 cm³/mol. The van der Waals surface area contributed by atoms with E-state index in [2.05, 4.69) is 5.32 Å². The van der Waals surface area contributed by atoms with Gasteiger partial charge in [0.15, 0.2) is 5.76 Å². The van der Waals surface area contributed by atoms with Crippen molar-refractivity contribution in [2.45, 2.75) is 45.6 Å². The minimum Gasteiger partial charge on any atom is -0.459 e. The van der Waals surface area contributed by atoms with Crippen molar-refractivity contribution in [3.8, 4) is 0 Å². The summed E-state index contributed by atoms with van der Waals surface area (Å²) in [4.78, 5) is 29.2. The molecule has 0 aliphatic heterocycles. The van der Waals surface area contributed by atoms with Crippen LogP contribution in [0.5, 0.6) is 0 Å². The summed E-state index contributed by atoms with van der Waals surface area (Å²) < 4.78 is 5.31. The third-order valence-electron chi connectivity index (χ3n) is 5.43. The molecule has 1 aromatic heterocycles. The number of nitrogens with one attached hydrogen (secondary N) is 1. The van der Waals surface area contributed by atoms with Gasteiger partial charge in [-0.05, 0) is 55.2 Å². The van der Waals surface area contributed by atoms with Crippen LogP contribution < -0.4 is 10.2 Å². The van der Waals surface area contributed by atoms with E-state index in [1.54, 1.807) is 17.0 Å². The highest BCUT2D eigenvalue weighted by molar-refractivity contribution is 5.93. The Balaban J connectivity index is 1.82. The molecule has 1 N–H and O–H groups in total. The molecule has 1 aliphatic rings. The van der Waals surface area contributed by atoms with Crippen LogP contribution in [0.1, 0.15) is 55.1 Å². The van der Waals surface area contributed by atoms with Crippen molar-refractivity contribution >= 4 is 23.2 Å². The minimum atomic E-state index is -0.123. The highest BCUT2D eigenvalue weighted by atomic mass is 16.3. The highest BCUT2D eigenvalue weighted by Crippen LogP contribution is 2.28. The molecule has 3 rings (SSSR count). The first-order valence-corrected chi connectivity index (χ1v) is 10.4. The molecule has 1 heterocycles. The summed E-state index contributed by atoms with van der Waals surface area (Å²) in [6.07, 6.45) is 6.56. The van der Waals surface area contributed by atoms with Crippen molar-refractivity contribution in [2.75, 3.05) is 30.9 Å². The highest BCUT2D eigenvalue weighted by Gasteiger charge is 2.23. The fourth-order valence-corrected chi connectivity index (χ4v) is 3.94. The van der Waals surface area contributed by atoms with Gasteiger partial charge in [0, 0.05) is 44.5 Å². The van der Waals surface area contributed by atoms with Gasteiger partial charge in [0.05, 0.1) is 6.26 Å². The van der Waals surface area contributed by atoms with Crippen molar-refractivity contribution in [3.63, 3.8) is 0 Å². The number of benzene rings is 1. The monoisotopic (exact) mass is 397 g/mol. The molecule has 2 amide bonds. The summed E-state index contributed by atoms with van der Waals surface area (Å²) in [7, 11) is 3.96. The maximum absolute atomic E-state index is 12.9. The van der Waals surface area contributed by atoms with Crippen molar-refractivity contribution in [1.29, 1.82) is 0 Å². The number of nitrogens with zero attached hydrogens (tertiary/aromatic N) is 2. The second-order valence-electron chi connectivity index (χ2n) is 7.91. The van der Waals surface area contributed by atoms with E-state index in [1.807, 2.05) is 44.1 Å². The third kappa shape index (κ3) is 5.19. The topological polar surface area (TPSA) is 65.8 Å². The number of hydrogen-bond acceptors (Lipinski definition) is 4. The Morgan fingerprint density at radius 1 is 1.17 bits per heavy atom. The zero-order valence-corrected chi connectivity index (χ0v) is 17.6. The van der Waals surface area contributed by atoms with Gasteiger partial charge < -0.3 is 19.5 Å². The number of hydrogen-bond donors (Lipinski definition) is 1. The standard InChI is InChI=1S/C23H31N3O3/c1-4-13-26(23(28)21-10-7-14-29-21)16-18-15-19(11-12-20(18)25(2)3)24-22(27)17-8-5-6-9-17/h7,10-12,14-15,17H,4-6,8-9,13,16H2,1-3H3,(H,24,27). The average Bonchev–Trinajstić information content (AvgIpc) is 3.41. The molecule has 1 aliphatic carbocycles. The van der Waals surface area contributed by atoms with Crippen LogP contribution in [-0.4, -0.2) is 37.4 Å². The van der Waals surface area contributed by atoms with Gasteiger partial charge in [0.2, 0.25) is 5.91 Å². The average molecular weight is 398 g/mol. The van der Waals surface area contributed by atoms with Gasteiger partial charge in [-0.3, -0.25) is 9.59 Å². The molecule has 0 unspecified atom stereocenters. The minimum absolute atomic E-state index is 0.100. The van der Waals surface area contributed by atoms with E-state index in [0.717, 1.165) is 49.0 Å². The quantitative estimate of drug-likeness (QED) is 0.711. The van der Waals surface area contributed by atoms with E-state index in [1.165, 1.54) is 6.26 Å². The summed E-state index contributed by atoms with van der Waals surface area (Å²) in [6, 6.07) is 9.34. The molecule has 6 nitrogen and oxygen atoms in total. The molecule has 0 radical (unpaired) electrons. The molecule has 2 aromatic rings. The second kappa shape index (κ2) is 9.63. The Bertz CT molecular complexity index is 824. The van der Waals surface area contributed by atoms with Crippen LogP contribution in [0.3, 0.4) is 0 Å². The summed E-state index contributed by atoms with van der Waals surface area (Å²) >= 11 is 0. The maximum Gasteiger partial charge on any atom is 0.289 e. The lowest BCUT2D eigenvalue weighted by Crippen LogP contribution is -2.31. The van der Waals surface area contributed by atoms with E-state index < -0.39 is 0 Å². The van der Waals surface area contributed by atoms with E-state index >= 15 is 0 Å². The molecule has 0 saturated heterocycles. The fraction of sp³-hybridized carbons (Fsp3) is 0.478. The first-order valence-electron chi connectivity index (χ1n) is 10.4. The number of amides is 2. The van der Waals surface area contributed by atoms with E-state index in [0.29, 0.717) is 18.8 Å². The fourth-order valence-electron chi connectivity index (χ4n) is 3.94. The van der Waals surface area contributed by atoms with Crippen LogP contribution in [0.2, 0.25) is 0 Å². The van der Waals surface area contributed by atoms with Crippen LogP contribution in [0.4, 0.5) is 11.4 Å². The predicted octanol–water partition coefficient (Wildman–Crippen LogP) is 4.53. The van der Waals surface area contributed by atoms with Crippen LogP contribution in [0.15, 0.2) is 41.0 Å². The molecule has 29 heavy (non-hydrogen) atoms. The van der Waals surface area contributed by atoms with Gasteiger partial charge in [-0.1, -0.05) is 19.8 Å². The number of carbonyl (C=O) groups excluding carboxylic acids is 2. The zero-order valence-electron chi connectivity index (χ0n) is 17.6. The lowest BCUT2D eigenvalue weighted by atomic mass is 10.1. The van der Waals surface area contributed by atoms with Crippen LogP contribution in [0, 0.1) is 5.92 Å². The van der Waals surface area contributed by atoms with Gasteiger partial charge in [0.1, 0.15) is 0 Å². The lowest BCUT2D eigenvalue weighted by Gasteiger charge is -2.25. The van der Waals surface area contributed by atoms with Gasteiger partial charge in [-0.25, -0.2) is 0 Å². The first kappa shape index (κ1) is 21.0. The molecule has 1 aromatic carbocycles. The Morgan fingerprint density at radius 2 is 1.93 bits per heavy atom. The maximum atomic E-state index is 12.9. The third-order valence-corrected chi connectivity index (χ3v) is 5.43. The molecule has 0 bridgehead atoms. The first-order chi connectivity index (χ1) is 14.0. The molecular formula is C23H31N3O3. The van der Waals surface area contributed by atoms with Crippen molar-refractivity contribution in [2.24, 2.45) is 5.92 Å². The molecule has 0 spiro atoms. The Labute approximate surface area is 172 Å². The van der Waals surface area contributed by atoms with Gasteiger partial charge >= 0.3 is 0 Å². The van der Waals surface area contributed by atoms with Crippen molar-refractivity contribution in [3.05, 3.63) is 47.9 Å². The molecule has 1 fully saturated rings. The van der Waals surface area contributed by atoms with Crippen LogP contribution in [-0.2, 0) is 11.3 Å². The molecule has 0 atom stereocenters. The van der Waals surface area contributed by atoms with Gasteiger partial charge in [-0.2, -0.15) is 0 Å². The van der Waals surface area contributed by atoms with Crippen LogP contribution in [0.25, 0.3) is 0 Å². The summed E-state index contributed by atoms with van der Waals surface area (Å²) in [5.41, 5.74) is 2.80. The summed E-state index contributed by atoms with van der Waals surface area (Å²) in [5, 5.41) is 3.07. The van der Waals surface area contributed by atoms with Crippen molar-refractivity contribution in [1.82, 2.24) is 4.90 Å². The summed E-state index contributed by atoms with van der Waals surface area (Å²) in [6.45, 7) is 3.13. The number of carbonyl (C=O) groups is 2. The van der Waals surface area contributed by atoms with Crippen LogP contribution >= 0.6 is 0 Å². The van der Waals surface area contributed by atoms with E-state index in [4.69, 9.17) is 4.42 Å². The molecule has 156 valence electrons.